The molecule has 1 unspecified atom stereocenters. The van der Waals surface area contributed by atoms with Crippen molar-refractivity contribution < 1.29 is 0 Å². The lowest BCUT2D eigenvalue weighted by Gasteiger charge is -2.25. The standard InChI is InChI=1S/C12H15BrClN/c1-8-10(6-9(13)7-11(8)14)12-4-2-3-5-15-12/h6-7,12,15H,2-5H2,1H3. The first-order valence-electron chi connectivity index (χ1n) is 5.37. The van der Waals surface area contributed by atoms with Crippen molar-refractivity contribution in [2.75, 3.05) is 6.54 Å². The van der Waals surface area contributed by atoms with E-state index in [9.17, 15) is 0 Å². The second-order valence-electron chi connectivity index (χ2n) is 4.10. The van der Waals surface area contributed by atoms with Crippen LogP contribution < -0.4 is 5.32 Å². The molecule has 1 N–H and O–H groups in total. The van der Waals surface area contributed by atoms with Crippen LogP contribution in [-0.4, -0.2) is 6.54 Å². The quantitative estimate of drug-likeness (QED) is 0.815. The van der Waals surface area contributed by atoms with Crippen molar-refractivity contribution in [3.05, 3.63) is 32.8 Å². The molecule has 1 atom stereocenters. The molecule has 0 aromatic heterocycles. The van der Waals surface area contributed by atoms with E-state index in [1.807, 2.05) is 6.07 Å². The van der Waals surface area contributed by atoms with Crippen LogP contribution in [0.1, 0.15) is 36.4 Å². The number of piperidine rings is 1. The monoisotopic (exact) mass is 287 g/mol. The molecule has 1 aliphatic heterocycles. The zero-order valence-electron chi connectivity index (χ0n) is 8.82. The van der Waals surface area contributed by atoms with Gasteiger partial charge in [0.05, 0.1) is 0 Å². The molecule has 0 amide bonds. The third-order valence-electron chi connectivity index (χ3n) is 3.03. The van der Waals surface area contributed by atoms with Crippen molar-refractivity contribution in [2.45, 2.75) is 32.2 Å². The Balaban J connectivity index is 2.33. The van der Waals surface area contributed by atoms with E-state index in [4.69, 9.17) is 11.6 Å². The molecule has 0 aliphatic carbocycles. The van der Waals surface area contributed by atoms with Crippen LogP contribution in [0.3, 0.4) is 0 Å². The van der Waals surface area contributed by atoms with E-state index in [2.05, 4.69) is 34.2 Å². The number of halogens is 2. The van der Waals surface area contributed by atoms with Gasteiger partial charge in [0.25, 0.3) is 0 Å². The molecule has 1 aromatic rings. The van der Waals surface area contributed by atoms with E-state index in [0.717, 1.165) is 16.0 Å². The summed E-state index contributed by atoms with van der Waals surface area (Å²) in [5.41, 5.74) is 2.55. The Labute approximate surface area is 104 Å². The Kier molecular flexibility index (Phi) is 3.70. The summed E-state index contributed by atoms with van der Waals surface area (Å²) < 4.78 is 1.07. The second-order valence-corrected chi connectivity index (χ2v) is 5.43. The molecule has 82 valence electrons. The minimum Gasteiger partial charge on any atom is -0.310 e. The average Bonchev–Trinajstić information content (AvgIpc) is 2.24. The van der Waals surface area contributed by atoms with Gasteiger partial charge < -0.3 is 5.32 Å². The highest BCUT2D eigenvalue weighted by Gasteiger charge is 2.18. The fourth-order valence-electron chi connectivity index (χ4n) is 2.14. The van der Waals surface area contributed by atoms with Crippen LogP contribution in [0.25, 0.3) is 0 Å². The fourth-order valence-corrected chi connectivity index (χ4v) is 2.98. The average molecular weight is 289 g/mol. The Morgan fingerprint density at radius 2 is 2.20 bits per heavy atom. The second kappa shape index (κ2) is 4.86. The third-order valence-corrected chi connectivity index (χ3v) is 3.89. The lowest BCUT2D eigenvalue weighted by Crippen LogP contribution is -2.27. The van der Waals surface area contributed by atoms with Gasteiger partial charge in [0.2, 0.25) is 0 Å². The number of nitrogens with one attached hydrogen (secondary N) is 1. The predicted octanol–water partition coefficient (Wildman–Crippen LogP) is 4.23. The zero-order valence-corrected chi connectivity index (χ0v) is 11.2. The van der Waals surface area contributed by atoms with E-state index in [0.29, 0.717) is 6.04 Å². The van der Waals surface area contributed by atoms with Crippen LogP contribution >= 0.6 is 27.5 Å². The highest BCUT2D eigenvalue weighted by molar-refractivity contribution is 9.10. The first-order chi connectivity index (χ1) is 7.18. The maximum atomic E-state index is 6.18. The molecular weight excluding hydrogens is 273 g/mol. The molecule has 1 aliphatic rings. The summed E-state index contributed by atoms with van der Waals surface area (Å²) >= 11 is 9.68. The van der Waals surface area contributed by atoms with Crippen LogP contribution in [0.15, 0.2) is 16.6 Å². The van der Waals surface area contributed by atoms with Gasteiger partial charge in [-0.05, 0) is 49.6 Å². The van der Waals surface area contributed by atoms with Gasteiger partial charge in [-0.3, -0.25) is 0 Å². The van der Waals surface area contributed by atoms with Gasteiger partial charge >= 0.3 is 0 Å². The van der Waals surface area contributed by atoms with Gasteiger partial charge in [-0.15, -0.1) is 0 Å². The van der Waals surface area contributed by atoms with Crippen LogP contribution in [-0.2, 0) is 0 Å². The largest absolute Gasteiger partial charge is 0.310 e. The molecule has 0 bridgehead atoms. The van der Waals surface area contributed by atoms with Crippen LogP contribution in [0, 0.1) is 6.92 Å². The van der Waals surface area contributed by atoms with Gasteiger partial charge in [0.1, 0.15) is 0 Å². The molecule has 0 saturated carbocycles. The van der Waals surface area contributed by atoms with Crippen LogP contribution in [0.2, 0.25) is 5.02 Å². The van der Waals surface area contributed by atoms with E-state index in [1.165, 1.54) is 30.4 Å². The van der Waals surface area contributed by atoms with Crippen molar-refractivity contribution in [3.63, 3.8) is 0 Å². The van der Waals surface area contributed by atoms with Crippen molar-refractivity contribution in [1.29, 1.82) is 0 Å². The lowest BCUT2D eigenvalue weighted by atomic mass is 9.94. The number of benzene rings is 1. The smallest absolute Gasteiger partial charge is 0.0449 e. The molecular formula is C12H15BrClN. The summed E-state index contributed by atoms with van der Waals surface area (Å²) in [7, 11) is 0. The molecule has 15 heavy (non-hydrogen) atoms. The third kappa shape index (κ3) is 2.55. The predicted molar refractivity (Wildman–Crippen MR) is 68.5 cm³/mol. The number of hydrogen-bond acceptors (Lipinski definition) is 1. The molecule has 1 heterocycles. The first-order valence-corrected chi connectivity index (χ1v) is 6.54. The minimum absolute atomic E-state index is 0.480. The molecule has 1 fully saturated rings. The number of rotatable bonds is 1. The first kappa shape index (κ1) is 11.4. The van der Waals surface area contributed by atoms with Crippen LogP contribution in [0.4, 0.5) is 0 Å². The van der Waals surface area contributed by atoms with E-state index in [-0.39, 0.29) is 0 Å². The van der Waals surface area contributed by atoms with Gasteiger partial charge in [0.15, 0.2) is 0 Å². The Morgan fingerprint density at radius 3 is 2.87 bits per heavy atom. The maximum absolute atomic E-state index is 6.18. The molecule has 0 spiro atoms. The van der Waals surface area contributed by atoms with Crippen molar-refractivity contribution in [3.8, 4) is 0 Å². The minimum atomic E-state index is 0.480. The molecule has 1 aromatic carbocycles. The highest BCUT2D eigenvalue weighted by atomic mass is 79.9. The summed E-state index contributed by atoms with van der Waals surface area (Å²) in [5, 5.41) is 4.40. The molecule has 2 rings (SSSR count). The Morgan fingerprint density at radius 1 is 1.40 bits per heavy atom. The lowest BCUT2D eigenvalue weighted by molar-refractivity contribution is 0.411. The summed E-state index contributed by atoms with van der Waals surface area (Å²) in [5.74, 6) is 0. The molecule has 1 nitrogen and oxygen atoms in total. The molecule has 3 heteroatoms. The maximum Gasteiger partial charge on any atom is 0.0449 e. The van der Waals surface area contributed by atoms with Gasteiger partial charge in [-0.2, -0.15) is 0 Å². The molecule has 0 radical (unpaired) electrons. The van der Waals surface area contributed by atoms with E-state index >= 15 is 0 Å². The van der Waals surface area contributed by atoms with Crippen LogP contribution in [0.5, 0.6) is 0 Å². The fraction of sp³-hybridized carbons (Fsp3) is 0.500. The SMILES string of the molecule is Cc1c(Cl)cc(Br)cc1C1CCCCN1. The number of hydrogen-bond donors (Lipinski definition) is 1. The van der Waals surface area contributed by atoms with E-state index in [1.54, 1.807) is 0 Å². The summed E-state index contributed by atoms with van der Waals surface area (Å²) in [4.78, 5) is 0. The van der Waals surface area contributed by atoms with Gasteiger partial charge in [0, 0.05) is 15.5 Å². The topological polar surface area (TPSA) is 12.0 Å². The van der Waals surface area contributed by atoms with Gasteiger partial charge in [-0.1, -0.05) is 34.0 Å². The van der Waals surface area contributed by atoms with Gasteiger partial charge in [-0.25, -0.2) is 0 Å². The summed E-state index contributed by atoms with van der Waals surface area (Å²) in [6.45, 7) is 3.22. The van der Waals surface area contributed by atoms with Crippen molar-refractivity contribution in [2.24, 2.45) is 0 Å². The molecule has 1 saturated heterocycles. The Hall–Kier alpha value is -0.0500. The van der Waals surface area contributed by atoms with E-state index < -0.39 is 0 Å². The Bertz CT molecular complexity index is 359. The summed E-state index contributed by atoms with van der Waals surface area (Å²) in [6.07, 6.45) is 3.81. The van der Waals surface area contributed by atoms with Crippen molar-refractivity contribution >= 4 is 27.5 Å². The zero-order chi connectivity index (χ0) is 10.8. The normalized spacial score (nSPS) is 21.7. The highest BCUT2D eigenvalue weighted by Crippen LogP contribution is 2.32. The summed E-state index contributed by atoms with van der Waals surface area (Å²) in [6, 6.07) is 4.63. The van der Waals surface area contributed by atoms with Crippen molar-refractivity contribution in [1.82, 2.24) is 5.32 Å².